The fourth-order valence-electron chi connectivity index (χ4n) is 4.33. The van der Waals surface area contributed by atoms with Crippen LogP contribution in [0.3, 0.4) is 0 Å². The number of benzene rings is 3. The van der Waals surface area contributed by atoms with Crippen LogP contribution in [0, 0.1) is 20.8 Å². The lowest BCUT2D eigenvalue weighted by molar-refractivity contribution is 0.565. The van der Waals surface area contributed by atoms with Crippen LogP contribution in [0.2, 0.25) is 0 Å². The maximum atomic E-state index is 5.01. The average Bonchev–Trinajstić information content (AvgIpc) is 2.69. The Labute approximate surface area is 195 Å². The minimum atomic E-state index is 0.0915. The standard InChI is InChI=1S/C31H39N/c1-21-13-12-14-22(2)27(21)18-24-15-10-11-16-29(24)32-20-25-17-26(30(4,5)6)19-28(23(25)3)31(7,8)9/h10-17,19-20H,18H2,1-9H3. The summed E-state index contributed by atoms with van der Waals surface area (Å²) >= 11 is 0. The number of para-hydroxylation sites is 1. The van der Waals surface area contributed by atoms with Crippen LogP contribution < -0.4 is 0 Å². The van der Waals surface area contributed by atoms with E-state index >= 15 is 0 Å². The summed E-state index contributed by atoms with van der Waals surface area (Å²) in [5.41, 5.74) is 11.9. The molecule has 0 amide bonds. The molecule has 168 valence electrons. The molecule has 1 nitrogen and oxygen atoms in total. The second-order valence-electron chi connectivity index (χ2n) is 11.2. The van der Waals surface area contributed by atoms with Gasteiger partial charge >= 0.3 is 0 Å². The summed E-state index contributed by atoms with van der Waals surface area (Å²) in [6.45, 7) is 20.4. The lowest BCUT2D eigenvalue weighted by atomic mass is 9.77. The van der Waals surface area contributed by atoms with Gasteiger partial charge in [0.2, 0.25) is 0 Å². The molecule has 3 aromatic rings. The molecule has 0 unspecified atom stereocenters. The second-order valence-corrected chi connectivity index (χ2v) is 11.2. The van der Waals surface area contributed by atoms with Crippen molar-refractivity contribution in [1.29, 1.82) is 0 Å². The van der Waals surface area contributed by atoms with Gasteiger partial charge in [0.15, 0.2) is 0 Å². The maximum absolute atomic E-state index is 5.01. The van der Waals surface area contributed by atoms with Gasteiger partial charge in [-0.15, -0.1) is 0 Å². The van der Waals surface area contributed by atoms with E-state index < -0.39 is 0 Å². The molecular formula is C31H39N. The number of aliphatic imine (C=N–C) groups is 1. The van der Waals surface area contributed by atoms with Crippen molar-refractivity contribution < 1.29 is 0 Å². The van der Waals surface area contributed by atoms with Gasteiger partial charge in [-0.1, -0.05) is 84.0 Å². The van der Waals surface area contributed by atoms with Crippen LogP contribution in [0.5, 0.6) is 0 Å². The van der Waals surface area contributed by atoms with Crippen LogP contribution in [0.15, 0.2) is 59.6 Å². The molecule has 0 saturated carbocycles. The molecule has 0 N–H and O–H groups in total. The van der Waals surface area contributed by atoms with Crippen molar-refractivity contribution in [1.82, 2.24) is 0 Å². The van der Waals surface area contributed by atoms with E-state index in [-0.39, 0.29) is 10.8 Å². The first-order valence-corrected chi connectivity index (χ1v) is 11.7. The molecule has 0 radical (unpaired) electrons. The van der Waals surface area contributed by atoms with E-state index in [0.29, 0.717) is 0 Å². The van der Waals surface area contributed by atoms with Crippen molar-refractivity contribution in [3.8, 4) is 0 Å². The molecule has 0 saturated heterocycles. The highest BCUT2D eigenvalue weighted by molar-refractivity contribution is 5.85. The average molecular weight is 426 g/mol. The monoisotopic (exact) mass is 425 g/mol. The Morgan fingerprint density at radius 3 is 1.97 bits per heavy atom. The molecule has 0 spiro atoms. The van der Waals surface area contributed by atoms with Crippen LogP contribution in [0.25, 0.3) is 0 Å². The topological polar surface area (TPSA) is 12.4 Å². The summed E-state index contributed by atoms with van der Waals surface area (Å²) in [6, 6.07) is 19.8. The van der Waals surface area contributed by atoms with Crippen molar-refractivity contribution in [2.75, 3.05) is 0 Å². The van der Waals surface area contributed by atoms with Crippen LogP contribution in [-0.2, 0) is 17.3 Å². The third-order valence-corrected chi connectivity index (χ3v) is 6.47. The molecular weight excluding hydrogens is 386 g/mol. The van der Waals surface area contributed by atoms with Crippen molar-refractivity contribution in [3.05, 3.63) is 99.1 Å². The first kappa shape index (κ1) is 24.0. The van der Waals surface area contributed by atoms with Gasteiger partial charge in [0.1, 0.15) is 0 Å². The summed E-state index contributed by atoms with van der Waals surface area (Å²) in [4.78, 5) is 5.01. The molecule has 0 fully saturated rings. The summed E-state index contributed by atoms with van der Waals surface area (Å²) in [5.74, 6) is 0. The third kappa shape index (κ3) is 5.38. The number of aryl methyl sites for hydroxylation is 2. The lowest BCUT2D eigenvalue weighted by Gasteiger charge is -2.28. The van der Waals surface area contributed by atoms with Crippen molar-refractivity contribution in [2.24, 2.45) is 4.99 Å². The molecule has 0 aliphatic carbocycles. The highest BCUT2D eigenvalue weighted by Crippen LogP contribution is 2.33. The zero-order valence-corrected chi connectivity index (χ0v) is 21.4. The molecule has 0 aliphatic heterocycles. The van der Waals surface area contributed by atoms with Crippen molar-refractivity contribution in [3.63, 3.8) is 0 Å². The second kappa shape index (κ2) is 9.06. The minimum absolute atomic E-state index is 0.0915. The predicted octanol–water partition coefficient (Wildman–Crippen LogP) is 8.55. The van der Waals surface area contributed by atoms with Gasteiger partial charge in [0.05, 0.1) is 5.69 Å². The summed E-state index contributed by atoms with van der Waals surface area (Å²) in [5, 5.41) is 0. The minimum Gasteiger partial charge on any atom is -0.256 e. The van der Waals surface area contributed by atoms with Gasteiger partial charge in [-0.25, -0.2) is 0 Å². The normalized spacial score (nSPS) is 12.5. The molecule has 0 bridgehead atoms. The van der Waals surface area contributed by atoms with Gasteiger partial charge < -0.3 is 0 Å². The first-order chi connectivity index (χ1) is 14.9. The predicted molar refractivity (Wildman–Crippen MR) is 141 cm³/mol. The number of rotatable bonds is 4. The summed E-state index contributed by atoms with van der Waals surface area (Å²) < 4.78 is 0. The lowest BCUT2D eigenvalue weighted by Crippen LogP contribution is -2.19. The van der Waals surface area contributed by atoms with Gasteiger partial charge in [0.25, 0.3) is 0 Å². The van der Waals surface area contributed by atoms with Crippen LogP contribution >= 0.6 is 0 Å². The first-order valence-electron chi connectivity index (χ1n) is 11.7. The van der Waals surface area contributed by atoms with Crippen LogP contribution in [0.4, 0.5) is 5.69 Å². The highest BCUT2D eigenvalue weighted by atomic mass is 14.7. The van der Waals surface area contributed by atoms with Crippen LogP contribution in [-0.4, -0.2) is 6.21 Å². The van der Waals surface area contributed by atoms with E-state index in [0.717, 1.165) is 12.1 Å². The molecule has 0 heterocycles. The number of hydrogen-bond donors (Lipinski definition) is 0. The van der Waals surface area contributed by atoms with E-state index in [1.165, 1.54) is 44.5 Å². The molecule has 0 aromatic heterocycles. The molecule has 1 heteroatoms. The van der Waals surface area contributed by atoms with E-state index in [1.807, 2.05) is 0 Å². The highest BCUT2D eigenvalue weighted by Gasteiger charge is 2.22. The Morgan fingerprint density at radius 1 is 0.750 bits per heavy atom. The summed E-state index contributed by atoms with van der Waals surface area (Å²) in [7, 11) is 0. The number of hydrogen-bond acceptors (Lipinski definition) is 1. The van der Waals surface area contributed by atoms with E-state index in [2.05, 4.69) is 123 Å². The fraction of sp³-hybridized carbons (Fsp3) is 0.387. The van der Waals surface area contributed by atoms with Crippen LogP contribution in [0.1, 0.15) is 86.1 Å². The van der Waals surface area contributed by atoms with Crippen molar-refractivity contribution >= 4 is 11.9 Å². The molecule has 32 heavy (non-hydrogen) atoms. The van der Waals surface area contributed by atoms with E-state index in [9.17, 15) is 0 Å². The van der Waals surface area contributed by atoms with Gasteiger partial charge in [-0.05, 0) is 88.2 Å². The van der Waals surface area contributed by atoms with E-state index in [1.54, 1.807) is 0 Å². The third-order valence-electron chi connectivity index (χ3n) is 6.47. The fourth-order valence-corrected chi connectivity index (χ4v) is 4.33. The molecule has 0 aliphatic rings. The van der Waals surface area contributed by atoms with Gasteiger partial charge in [-0.3, -0.25) is 4.99 Å². The van der Waals surface area contributed by atoms with Gasteiger partial charge in [0, 0.05) is 12.6 Å². The zero-order chi connectivity index (χ0) is 23.7. The number of nitrogens with zero attached hydrogens (tertiary/aromatic N) is 1. The maximum Gasteiger partial charge on any atom is 0.0665 e. The van der Waals surface area contributed by atoms with E-state index in [4.69, 9.17) is 4.99 Å². The molecule has 0 atom stereocenters. The SMILES string of the molecule is Cc1cccc(C)c1Cc1ccccc1N=Cc1cc(C(C)(C)C)cc(C(C)(C)C)c1C. The Hall–Kier alpha value is -2.67. The Kier molecular flexibility index (Phi) is 6.79. The summed E-state index contributed by atoms with van der Waals surface area (Å²) in [6.07, 6.45) is 2.98. The molecule has 3 rings (SSSR count). The zero-order valence-electron chi connectivity index (χ0n) is 21.4. The Balaban J connectivity index is 2.05. The molecule has 3 aromatic carbocycles. The largest absolute Gasteiger partial charge is 0.256 e. The van der Waals surface area contributed by atoms with Crippen molar-refractivity contribution in [2.45, 2.75) is 79.6 Å². The quantitative estimate of drug-likeness (QED) is 0.371. The smallest absolute Gasteiger partial charge is 0.0665 e. The Bertz CT molecular complexity index is 1110. The Morgan fingerprint density at radius 2 is 1.38 bits per heavy atom. The van der Waals surface area contributed by atoms with Gasteiger partial charge in [-0.2, -0.15) is 0 Å².